The van der Waals surface area contributed by atoms with E-state index in [1.54, 1.807) is 12.3 Å². The minimum Gasteiger partial charge on any atom is -0.328 e. The Morgan fingerprint density at radius 2 is 2.09 bits per heavy atom. The van der Waals surface area contributed by atoms with Crippen molar-refractivity contribution in [1.82, 2.24) is 15.3 Å². The Morgan fingerprint density at radius 3 is 2.74 bits per heavy atom. The molecular weight excluding hydrogens is 302 g/mol. The molecule has 2 aromatic rings. The topological polar surface area (TPSA) is 66.9 Å². The van der Waals surface area contributed by atoms with Gasteiger partial charge >= 0.3 is 6.03 Å². The lowest BCUT2D eigenvalue weighted by atomic mass is 10.1. The molecule has 1 aliphatic rings. The van der Waals surface area contributed by atoms with Crippen molar-refractivity contribution >= 4 is 11.7 Å². The number of hydrogen-bond donors (Lipinski definition) is 2. The zero-order valence-corrected chi connectivity index (χ0v) is 12.5. The largest absolute Gasteiger partial charge is 0.328 e. The van der Waals surface area contributed by atoms with E-state index in [2.05, 4.69) is 20.6 Å². The van der Waals surface area contributed by atoms with E-state index in [4.69, 9.17) is 0 Å². The van der Waals surface area contributed by atoms with E-state index in [0.717, 1.165) is 30.7 Å². The van der Waals surface area contributed by atoms with Gasteiger partial charge in [0.05, 0.1) is 11.7 Å². The van der Waals surface area contributed by atoms with Gasteiger partial charge in [0.1, 0.15) is 11.6 Å². The van der Waals surface area contributed by atoms with E-state index < -0.39 is 17.7 Å². The zero-order chi connectivity index (χ0) is 16.4. The summed E-state index contributed by atoms with van der Waals surface area (Å²) < 4.78 is 26.5. The van der Waals surface area contributed by atoms with E-state index in [1.807, 2.05) is 6.92 Å². The Hall–Kier alpha value is -2.57. The number of benzene rings is 1. The molecule has 0 unspecified atom stereocenters. The molecule has 2 amide bonds. The summed E-state index contributed by atoms with van der Waals surface area (Å²) in [5, 5.41) is 5.16. The molecule has 0 radical (unpaired) electrons. The molecule has 7 heteroatoms. The molecular formula is C16H16F2N4O. The van der Waals surface area contributed by atoms with Gasteiger partial charge in [-0.1, -0.05) is 0 Å². The highest BCUT2D eigenvalue weighted by molar-refractivity contribution is 5.89. The number of nitrogens with one attached hydrogen (secondary N) is 2. The van der Waals surface area contributed by atoms with Crippen LogP contribution in [0.25, 0.3) is 0 Å². The van der Waals surface area contributed by atoms with E-state index in [-0.39, 0.29) is 17.6 Å². The molecule has 3 rings (SSSR count). The number of carbonyl (C=O) groups excluding carboxylic acids is 1. The first kappa shape index (κ1) is 15.3. The number of amides is 2. The lowest BCUT2D eigenvalue weighted by Crippen LogP contribution is -2.35. The summed E-state index contributed by atoms with van der Waals surface area (Å²) in [4.78, 5) is 20.7. The maximum absolute atomic E-state index is 13.6. The number of anilines is 1. The molecule has 1 fully saturated rings. The van der Waals surface area contributed by atoms with Crippen LogP contribution in [0.1, 0.15) is 30.4 Å². The number of hydrogen-bond acceptors (Lipinski definition) is 3. The Balaban J connectivity index is 1.72. The van der Waals surface area contributed by atoms with Crippen molar-refractivity contribution in [2.45, 2.75) is 25.8 Å². The fourth-order valence-electron chi connectivity index (χ4n) is 2.33. The van der Waals surface area contributed by atoms with Gasteiger partial charge in [-0.05, 0) is 43.9 Å². The van der Waals surface area contributed by atoms with Gasteiger partial charge < -0.3 is 10.6 Å². The van der Waals surface area contributed by atoms with Crippen LogP contribution in [0.3, 0.4) is 0 Å². The maximum Gasteiger partial charge on any atom is 0.319 e. The molecule has 0 saturated heterocycles. The summed E-state index contributed by atoms with van der Waals surface area (Å²) in [6.45, 7) is 1.85. The average Bonchev–Trinajstić information content (AvgIpc) is 3.32. The van der Waals surface area contributed by atoms with Crippen LogP contribution in [-0.2, 0) is 0 Å². The summed E-state index contributed by atoms with van der Waals surface area (Å²) >= 11 is 0. The minimum absolute atomic E-state index is 0.0800. The molecule has 2 N–H and O–H groups in total. The molecule has 1 aliphatic carbocycles. The molecule has 5 nitrogen and oxygen atoms in total. The molecule has 1 saturated carbocycles. The van der Waals surface area contributed by atoms with Crippen LogP contribution in [0, 0.1) is 24.5 Å². The maximum atomic E-state index is 13.6. The van der Waals surface area contributed by atoms with Crippen molar-refractivity contribution in [3.63, 3.8) is 0 Å². The first-order valence-corrected chi connectivity index (χ1v) is 7.35. The fraction of sp³-hybridized carbons (Fsp3) is 0.312. The fourth-order valence-corrected chi connectivity index (χ4v) is 2.33. The average molecular weight is 318 g/mol. The van der Waals surface area contributed by atoms with Gasteiger partial charge in [-0.3, -0.25) is 0 Å². The minimum atomic E-state index is -0.824. The van der Waals surface area contributed by atoms with Crippen LogP contribution < -0.4 is 10.6 Å². The highest BCUT2D eigenvalue weighted by atomic mass is 19.1. The molecule has 0 bridgehead atoms. The van der Waals surface area contributed by atoms with Gasteiger partial charge in [0.25, 0.3) is 0 Å². The SMILES string of the molecule is Cc1ccnc([C@@H](NC(=O)Nc2ccc(F)cc2F)C2CC2)n1. The van der Waals surface area contributed by atoms with E-state index in [0.29, 0.717) is 5.82 Å². The Labute approximate surface area is 132 Å². The predicted molar refractivity (Wildman–Crippen MR) is 80.7 cm³/mol. The predicted octanol–water partition coefficient (Wildman–Crippen LogP) is 3.34. The second kappa shape index (κ2) is 6.28. The van der Waals surface area contributed by atoms with Crippen LogP contribution in [0.5, 0.6) is 0 Å². The van der Waals surface area contributed by atoms with Crippen molar-refractivity contribution in [2.75, 3.05) is 5.32 Å². The van der Waals surface area contributed by atoms with Crippen LogP contribution in [0.2, 0.25) is 0 Å². The zero-order valence-electron chi connectivity index (χ0n) is 12.5. The number of aryl methyl sites for hydroxylation is 1. The first-order valence-electron chi connectivity index (χ1n) is 7.35. The first-order chi connectivity index (χ1) is 11.0. The quantitative estimate of drug-likeness (QED) is 0.908. The van der Waals surface area contributed by atoms with Gasteiger partial charge in [0.15, 0.2) is 5.82 Å². The number of rotatable bonds is 4. The summed E-state index contributed by atoms with van der Waals surface area (Å²) in [7, 11) is 0. The van der Waals surface area contributed by atoms with Crippen LogP contribution in [-0.4, -0.2) is 16.0 Å². The molecule has 1 aromatic heterocycles. The van der Waals surface area contributed by atoms with Gasteiger partial charge in [0, 0.05) is 18.0 Å². The van der Waals surface area contributed by atoms with Crippen molar-refractivity contribution in [2.24, 2.45) is 5.92 Å². The van der Waals surface area contributed by atoms with Crippen LogP contribution in [0.4, 0.5) is 19.3 Å². The second-order valence-corrected chi connectivity index (χ2v) is 5.59. The summed E-state index contributed by atoms with van der Waals surface area (Å²) in [6.07, 6.45) is 3.60. The van der Waals surface area contributed by atoms with Crippen molar-refractivity contribution in [1.29, 1.82) is 0 Å². The summed E-state index contributed by atoms with van der Waals surface area (Å²) in [5.74, 6) is -0.699. The van der Waals surface area contributed by atoms with Gasteiger partial charge in [-0.25, -0.2) is 23.5 Å². The number of halogens is 2. The van der Waals surface area contributed by atoms with E-state index >= 15 is 0 Å². The standard InChI is InChI=1S/C16H16F2N4O/c1-9-6-7-19-15(20-9)14(10-2-3-10)22-16(23)21-13-5-4-11(17)8-12(13)18/h4-8,10,14H,2-3H2,1H3,(H2,21,22,23)/t14-/m0/s1. The Morgan fingerprint density at radius 1 is 1.30 bits per heavy atom. The molecule has 1 heterocycles. The molecule has 0 spiro atoms. The van der Waals surface area contributed by atoms with Crippen LogP contribution in [0.15, 0.2) is 30.5 Å². The Bertz CT molecular complexity index is 734. The monoisotopic (exact) mass is 318 g/mol. The second-order valence-electron chi connectivity index (χ2n) is 5.59. The normalized spacial score (nSPS) is 15.1. The molecule has 23 heavy (non-hydrogen) atoms. The molecule has 120 valence electrons. The van der Waals surface area contributed by atoms with Crippen molar-refractivity contribution in [3.05, 3.63) is 53.6 Å². The lowest BCUT2D eigenvalue weighted by molar-refractivity contribution is 0.246. The van der Waals surface area contributed by atoms with Crippen LogP contribution >= 0.6 is 0 Å². The van der Waals surface area contributed by atoms with Crippen molar-refractivity contribution < 1.29 is 13.6 Å². The third-order valence-corrected chi connectivity index (χ3v) is 3.65. The summed E-state index contributed by atoms with van der Waals surface area (Å²) in [5.41, 5.74) is 0.732. The third-order valence-electron chi connectivity index (χ3n) is 3.65. The highest BCUT2D eigenvalue weighted by Gasteiger charge is 2.35. The van der Waals surface area contributed by atoms with E-state index in [1.165, 1.54) is 6.07 Å². The Kier molecular flexibility index (Phi) is 4.18. The van der Waals surface area contributed by atoms with Gasteiger partial charge in [0.2, 0.25) is 0 Å². The highest BCUT2D eigenvalue weighted by Crippen LogP contribution is 2.39. The number of aromatic nitrogens is 2. The number of urea groups is 1. The number of carbonyl (C=O) groups is 1. The van der Waals surface area contributed by atoms with Crippen molar-refractivity contribution in [3.8, 4) is 0 Å². The third kappa shape index (κ3) is 3.80. The molecule has 1 atom stereocenters. The summed E-state index contributed by atoms with van der Waals surface area (Å²) in [6, 6.07) is 3.87. The van der Waals surface area contributed by atoms with E-state index in [9.17, 15) is 13.6 Å². The van der Waals surface area contributed by atoms with Gasteiger partial charge in [-0.15, -0.1) is 0 Å². The lowest BCUT2D eigenvalue weighted by Gasteiger charge is -2.18. The number of nitrogens with zero attached hydrogens (tertiary/aromatic N) is 2. The molecule has 0 aliphatic heterocycles. The van der Waals surface area contributed by atoms with Gasteiger partial charge in [-0.2, -0.15) is 0 Å². The smallest absolute Gasteiger partial charge is 0.319 e. The molecule has 1 aromatic carbocycles.